The van der Waals surface area contributed by atoms with E-state index >= 15 is 0 Å². The maximum absolute atomic E-state index is 13.2. The van der Waals surface area contributed by atoms with Crippen LogP contribution in [0.4, 0.5) is 0 Å². The molecule has 0 saturated heterocycles. The van der Waals surface area contributed by atoms with Crippen molar-refractivity contribution in [3.05, 3.63) is 62.2 Å². The normalized spacial score (nSPS) is 15.2. The minimum Gasteiger partial charge on any atom is -0.500 e. The lowest BCUT2D eigenvalue weighted by molar-refractivity contribution is 0.0975. The molecule has 1 aromatic heterocycles. The number of ketones is 1. The molecule has 3 rings (SSSR count). The number of carbonyl (C=O) groups is 1. The molecule has 0 radical (unpaired) electrons. The monoisotopic (exact) mass is 410 g/mol. The van der Waals surface area contributed by atoms with Gasteiger partial charge in [-0.05, 0) is 56.4 Å². The van der Waals surface area contributed by atoms with E-state index in [-0.39, 0.29) is 16.8 Å². The number of aryl methyl sites for hydroxylation is 2. The lowest BCUT2D eigenvalue weighted by Gasteiger charge is -2.37. The zero-order valence-corrected chi connectivity index (χ0v) is 18.9. The van der Waals surface area contributed by atoms with Gasteiger partial charge in [-0.15, -0.1) is 0 Å². The average Bonchev–Trinajstić information content (AvgIpc) is 2.74. The van der Waals surface area contributed by atoms with E-state index in [1.165, 1.54) is 6.07 Å². The molecule has 0 N–H and O–H groups in total. The van der Waals surface area contributed by atoms with Crippen LogP contribution in [0.3, 0.4) is 0 Å². The lowest BCUT2D eigenvalue weighted by Crippen LogP contribution is -2.39. The molecule has 0 unspecified atom stereocenters. The van der Waals surface area contributed by atoms with E-state index in [4.69, 9.17) is 13.9 Å². The Morgan fingerprint density at radius 3 is 2.13 bits per heavy atom. The third-order valence-corrected chi connectivity index (χ3v) is 6.36. The molecule has 0 fully saturated rings. The summed E-state index contributed by atoms with van der Waals surface area (Å²) >= 11 is 0. The standard InChI is InChI=1S/C25H30O5/c1-8-16-22(27)21-18(26)13-20(17-11-15(5)19(28-6)12-14(17)4)30-24(21)25(9-2,10-3)23(16)29-7/h11-13H,8-10H2,1-7H3. The van der Waals surface area contributed by atoms with E-state index in [1.807, 2.05) is 46.8 Å². The highest BCUT2D eigenvalue weighted by Gasteiger charge is 2.47. The molecule has 1 aromatic carbocycles. The van der Waals surface area contributed by atoms with Crippen LogP contribution in [0, 0.1) is 13.8 Å². The number of hydrogen-bond donors (Lipinski definition) is 0. The van der Waals surface area contributed by atoms with Gasteiger partial charge in [-0.3, -0.25) is 9.59 Å². The SMILES string of the molecule is CCC1=C(OC)C(CC)(CC)c2oc(-c3cc(C)c(OC)cc3C)cc(=O)c2C1=O. The fourth-order valence-electron chi connectivity index (χ4n) is 4.63. The summed E-state index contributed by atoms with van der Waals surface area (Å²) in [7, 11) is 3.22. The molecule has 0 atom stereocenters. The smallest absolute Gasteiger partial charge is 0.199 e. The number of methoxy groups -OCH3 is 2. The molecule has 0 spiro atoms. The number of ether oxygens (including phenoxy) is 2. The van der Waals surface area contributed by atoms with E-state index in [9.17, 15) is 9.59 Å². The fourth-order valence-corrected chi connectivity index (χ4v) is 4.63. The molecule has 0 saturated carbocycles. The summed E-state index contributed by atoms with van der Waals surface area (Å²) in [5.41, 5.74) is 2.43. The first-order valence-electron chi connectivity index (χ1n) is 10.5. The molecule has 0 bridgehead atoms. The maximum atomic E-state index is 13.2. The Balaban J connectivity index is 2.37. The molecule has 0 amide bonds. The Labute approximate surface area is 177 Å². The Bertz CT molecular complexity index is 1080. The summed E-state index contributed by atoms with van der Waals surface area (Å²) in [5.74, 6) is 1.99. The zero-order valence-electron chi connectivity index (χ0n) is 18.9. The van der Waals surface area contributed by atoms with E-state index < -0.39 is 5.41 Å². The van der Waals surface area contributed by atoms with Crippen LogP contribution in [0.25, 0.3) is 11.3 Å². The molecule has 160 valence electrons. The number of carbonyl (C=O) groups excluding carboxylic acids is 1. The van der Waals surface area contributed by atoms with Gasteiger partial charge in [0.15, 0.2) is 11.2 Å². The van der Waals surface area contributed by atoms with Crippen molar-refractivity contribution < 1.29 is 18.7 Å². The number of benzene rings is 1. The third kappa shape index (κ3) is 3.08. The Morgan fingerprint density at radius 2 is 1.60 bits per heavy atom. The van der Waals surface area contributed by atoms with Crippen LogP contribution in [0.15, 0.2) is 38.7 Å². The van der Waals surface area contributed by atoms with Crippen molar-refractivity contribution in [2.75, 3.05) is 14.2 Å². The molecule has 1 heterocycles. The second-order valence-electron chi connectivity index (χ2n) is 7.80. The number of hydrogen-bond acceptors (Lipinski definition) is 5. The van der Waals surface area contributed by atoms with Crippen molar-refractivity contribution in [2.45, 2.75) is 59.3 Å². The van der Waals surface area contributed by atoms with Crippen LogP contribution in [0.1, 0.15) is 67.3 Å². The predicted molar refractivity (Wildman–Crippen MR) is 117 cm³/mol. The van der Waals surface area contributed by atoms with Crippen LogP contribution in [-0.4, -0.2) is 20.0 Å². The summed E-state index contributed by atoms with van der Waals surface area (Å²) in [5, 5.41) is 0. The van der Waals surface area contributed by atoms with E-state index in [2.05, 4.69) is 0 Å². The van der Waals surface area contributed by atoms with Crippen molar-refractivity contribution in [3.63, 3.8) is 0 Å². The second kappa shape index (κ2) is 8.13. The van der Waals surface area contributed by atoms with Gasteiger partial charge >= 0.3 is 0 Å². The van der Waals surface area contributed by atoms with E-state index in [0.717, 1.165) is 22.4 Å². The second-order valence-corrected chi connectivity index (χ2v) is 7.80. The van der Waals surface area contributed by atoms with E-state index in [0.29, 0.717) is 42.1 Å². The number of Topliss-reactive ketones (excluding diaryl/α,β-unsaturated/α-hetero) is 1. The molecular weight excluding hydrogens is 380 g/mol. The van der Waals surface area contributed by atoms with Gasteiger partial charge in [0.25, 0.3) is 0 Å². The van der Waals surface area contributed by atoms with Crippen molar-refractivity contribution in [3.8, 4) is 17.1 Å². The van der Waals surface area contributed by atoms with Crippen molar-refractivity contribution in [2.24, 2.45) is 0 Å². The van der Waals surface area contributed by atoms with Gasteiger partial charge in [-0.2, -0.15) is 0 Å². The third-order valence-electron chi connectivity index (χ3n) is 6.36. The van der Waals surface area contributed by atoms with Gasteiger partial charge in [0.05, 0.1) is 19.6 Å². The van der Waals surface area contributed by atoms with E-state index in [1.54, 1.807) is 14.2 Å². The molecule has 1 aliphatic rings. The van der Waals surface area contributed by atoms with Gasteiger partial charge in [-0.25, -0.2) is 0 Å². The topological polar surface area (TPSA) is 65.7 Å². The van der Waals surface area contributed by atoms with Crippen molar-refractivity contribution in [1.82, 2.24) is 0 Å². The van der Waals surface area contributed by atoms with Gasteiger partial charge in [0.2, 0.25) is 0 Å². The lowest BCUT2D eigenvalue weighted by atomic mass is 9.69. The maximum Gasteiger partial charge on any atom is 0.199 e. The van der Waals surface area contributed by atoms with Crippen LogP contribution in [-0.2, 0) is 10.2 Å². The minimum absolute atomic E-state index is 0.142. The first kappa shape index (κ1) is 21.9. The summed E-state index contributed by atoms with van der Waals surface area (Å²) in [4.78, 5) is 26.4. The highest BCUT2D eigenvalue weighted by molar-refractivity contribution is 6.11. The Hall–Kier alpha value is -2.82. The number of rotatable bonds is 6. The van der Waals surface area contributed by atoms with Gasteiger partial charge in [-0.1, -0.05) is 20.8 Å². The van der Waals surface area contributed by atoms with Crippen LogP contribution >= 0.6 is 0 Å². The molecule has 5 heteroatoms. The van der Waals surface area contributed by atoms with Crippen molar-refractivity contribution >= 4 is 5.78 Å². The predicted octanol–water partition coefficient (Wildman–Crippen LogP) is 5.50. The molecular formula is C25H30O5. The Kier molecular flexibility index (Phi) is 5.93. The minimum atomic E-state index is -0.645. The largest absolute Gasteiger partial charge is 0.500 e. The highest BCUT2D eigenvalue weighted by Crippen LogP contribution is 2.47. The first-order valence-corrected chi connectivity index (χ1v) is 10.5. The number of fused-ring (bicyclic) bond motifs is 1. The van der Waals surface area contributed by atoms with Crippen molar-refractivity contribution in [1.29, 1.82) is 0 Å². The summed E-state index contributed by atoms with van der Waals surface area (Å²) in [6, 6.07) is 5.32. The van der Waals surface area contributed by atoms with Gasteiger partial charge in [0, 0.05) is 17.2 Å². The molecule has 5 nitrogen and oxygen atoms in total. The molecule has 30 heavy (non-hydrogen) atoms. The summed E-state index contributed by atoms with van der Waals surface area (Å²) in [6.45, 7) is 9.87. The molecule has 2 aromatic rings. The summed E-state index contributed by atoms with van der Waals surface area (Å²) < 4.78 is 17.6. The van der Waals surface area contributed by atoms with Gasteiger partial charge < -0.3 is 13.9 Å². The zero-order chi connectivity index (χ0) is 22.2. The molecule has 1 aliphatic carbocycles. The fraction of sp³-hybridized carbons (Fsp3) is 0.440. The van der Waals surface area contributed by atoms with Crippen LogP contribution < -0.4 is 10.2 Å². The first-order chi connectivity index (χ1) is 14.3. The van der Waals surface area contributed by atoms with Gasteiger partial charge in [0.1, 0.15) is 28.6 Å². The number of allylic oxidation sites excluding steroid dienone is 2. The highest BCUT2D eigenvalue weighted by atomic mass is 16.5. The summed E-state index contributed by atoms with van der Waals surface area (Å²) in [6.07, 6.45) is 1.81. The molecule has 0 aliphatic heterocycles. The quantitative estimate of drug-likeness (QED) is 0.629. The van der Waals surface area contributed by atoms with Crippen LogP contribution in [0.5, 0.6) is 5.75 Å². The van der Waals surface area contributed by atoms with Crippen LogP contribution in [0.2, 0.25) is 0 Å². The average molecular weight is 411 g/mol. The Morgan fingerprint density at radius 1 is 0.933 bits per heavy atom.